The Bertz CT molecular complexity index is 404. The lowest BCUT2D eigenvalue weighted by molar-refractivity contribution is -0.136. The lowest BCUT2D eigenvalue weighted by Crippen LogP contribution is -2.39. The van der Waals surface area contributed by atoms with Crippen molar-refractivity contribution in [1.29, 1.82) is 0 Å². The molecule has 4 nitrogen and oxygen atoms in total. The van der Waals surface area contributed by atoms with Gasteiger partial charge in [-0.2, -0.15) is 0 Å². The van der Waals surface area contributed by atoms with Crippen molar-refractivity contribution in [3.8, 4) is 5.75 Å². The largest absolute Gasteiger partial charge is 0.492 e. The second-order valence-electron chi connectivity index (χ2n) is 5.49. The highest BCUT2D eigenvalue weighted by molar-refractivity contribution is 5.70. The fourth-order valence-corrected chi connectivity index (χ4v) is 2.26. The van der Waals surface area contributed by atoms with Crippen molar-refractivity contribution < 1.29 is 14.6 Å². The van der Waals surface area contributed by atoms with Crippen LogP contribution in [0.1, 0.15) is 33.3 Å². The van der Waals surface area contributed by atoms with E-state index in [1.165, 1.54) is 0 Å². The molecular weight excluding hydrogens is 254 g/mol. The first kappa shape index (κ1) is 16.5. The van der Waals surface area contributed by atoms with Crippen LogP contribution < -0.4 is 4.74 Å². The van der Waals surface area contributed by atoms with Gasteiger partial charge in [0, 0.05) is 18.6 Å². The summed E-state index contributed by atoms with van der Waals surface area (Å²) in [7, 11) is 0. The van der Waals surface area contributed by atoms with Gasteiger partial charge in [-0.1, -0.05) is 12.1 Å². The highest BCUT2D eigenvalue weighted by Crippen LogP contribution is 2.13. The molecule has 0 aliphatic carbocycles. The normalized spacial score (nSPS) is 11.3. The van der Waals surface area contributed by atoms with E-state index >= 15 is 0 Å². The molecule has 20 heavy (non-hydrogen) atoms. The lowest BCUT2D eigenvalue weighted by Gasteiger charge is -2.30. The summed E-state index contributed by atoms with van der Waals surface area (Å²) in [4.78, 5) is 13.0. The molecule has 0 amide bonds. The van der Waals surface area contributed by atoms with Gasteiger partial charge in [0.1, 0.15) is 12.4 Å². The van der Waals surface area contributed by atoms with Crippen LogP contribution in [0.15, 0.2) is 24.3 Å². The van der Waals surface area contributed by atoms with Gasteiger partial charge in [-0.15, -0.1) is 0 Å². The van der Waals surface area contributed by atoms with Gasteiger partial charge in [-0.3, -0.25) is 9.69 Å². The lowest BCUT2D eigenvalue weighted by atomic mass is 10.1. The standard InChI is InChI=1S/C16H25NO3/c1-12(2)17(13(3)4)9-10-20-15-7-5-14(6-8-15)11-16(18)19/h5-8,12-13H,9-11H2,1-4H3,(H,18,19). The number of aliphatic carboxylic acids is 1. The van der Waals surface area contributed by atoms with E-state index in [9.17, 15) is 4.79 Å². The maximum Gasteiger partial charge on any atom is 0.307 e. The molecule has 0 saturated carbocycles. The van der Waals surface area contributed by atoms with Crippen LogP contribution in [0.25, 0.3) is 0 Å². The Morgan fingerprint density at radius 2 is 1.70 bits per heavy atom. The third kappa shape index (κ3) is 5.61. The summed E-state index contributed by atoms with van der Waals surface area (Å²) in [6, 6.07) is 8.24. The molecule has 0 aliphatic heterocycles. The zero-order valence-corrected chi connectivity index (χ0v) is 12.8. The van der Waals surface area contributed by atoms with Crippen molar-refractivity contribution in [2.75, 3.05) is 13.2 Å². The molecule has 0 fully saturated rings. The van der Waals surface area contributed by atoms with Crippen molar-refractivity contribution in [2.24, 2.45) is 0 Å². The first-order valence-electron chi connectivity index (χ1n) is 7.09. The summed E-state index contributed by atoms with van der Waals surface area (Å²) in [6.45, 7) is 10.2. The van der Waals surface area contributed by atoms with Crippen LogP contribution in [0.4, 0.5) is 0 Å². The van der Waals surface area contributed by atoms with Crippen LogP contribution in [0, 0.1) is 0 Å². The molecule has 0 aromatic heterocycles. The van der Waals surface area contributed by atoms with Gasteiger partial charge in [-0.05, 0) is 45.4 Å². The minimum Gasteiger partial charge on any atom is -0.492 e. The average Bonchev–Trinajstić information content (AvgIpc) is 2.35. The number of carboxylic acid groups (broad SMARTS) is 1. The van der Waals surface area contributed by atoms with Crippen LogP contribution in [-0.2, 0) is 11.2 Å². The number of benzene rings is 1. The number of hydrogen-bond acceptors (Lipinski definition) is 3. The summed E-state index contributed by atoms with van der Waals surface area (Å²) >= 11 is 0. The monoisotopic (exact) mass is 279 g/mol. The SMILES string of the molecule is CC(C)N(CCOc1ccc(CC(=O)O)cc1)C(C)C. The van der Waals surface area contributed by atoms with Gasteiger partial charge < -0.3 is 9.84 Å². The fraction of sp³-hybridized carbons (Fsp3) is 0.562. The fourth-order valence-electron chi connectivity index (χ4n) is 2.26. The zero-order chi connectivity index (χ0) is 15.1. The minimum atomic E-state index is -0.817. The molecule has 4 heteroatoms. The highest BCUT2D eigenvalue weighted by Gasteiger charge is 2.12. The Morgan fingerprint density at radius 1 is 1.15 bits per heavy atom. The third-order valence-corrected chi connectivity index (χ3v) is 3.22. The maximum absolute atomic E-state index is 10.6. The Hall–Kier alpha value is -1.55. The average molecular weight is 279 g/mol. The van der Waals surface area contributed by atoms with Gasteiger partial charge in [-0.25, -0.2) is 0 Å². The van der Waals surface area contributed by atoms with Crippen LogP contribution >= 0.6 is 0 Å². The second kappa shape index (κ2) is 7.90. The quantitative estimate of drug-likeness (QED) is 0.795. The van der Waals surface area contributed by atoms with Crippen molar-refractivity contribution in [2.45, 2.75) is 46.2 Å². The van der Waals surface area contributed by atoms with Crippen molar-refractivity contribution in [3.63, 3.8) is 0 Å². The number of ether oxygens (including phenoxy) is 1. The molecule has 0 aliphatic rings. The molecule has 1 N–H and O–H groups in total. The molecule has 0 atom stereocenters. The maximum atomic E-state index is 10.6. The third-order valence-electron chi connectivity index (χ3n) is 3.22. The van der Waals surface area contributed by atoms with Gasteiger partial charge in [0.25, 0.3) is 0 Å². The predicted molar refractivity (Wildman–Crippen MR) is 80.3 cm³/mol. The second-order valence-corrected chi connectivity index (χ2v) is 5.49. The van der Waals surface area contributed by atoms with E-state index in [2.05, 4.69) is 32.6 Å². The van der Waals surface area contributed by atoms with E-state index in [1.54, 1.807) is 12.1 Å². The van der Waals surface area contributed by atoms with Gasteiger partial charge in [0.15, 0.2) is 0 Å². The first-order valence-corrected chi connectivity index (χ1v) is 7.09. The highest BCUT2D eigenvalue weighted by atomic mass is 16.5. The molecule has 0 radical (unpaired) electrons. The molecule has 112 valence electrons. The van der Waals surface area contributed by atoms with Gasteiger partial charge >= 0.3 is 5.97 Å². The molecule has 1 aromatic carbocycles. The zero-order valence-electron chi connectivity index (χ0n) is 12.8. The van der Waals surface area contributed by atoms with E-state index in [0.717, 1.165) is 17.9 Å². The first-order chi connectivity index (χ1) is 9.40. The Balaban J connectivity index is 2.43. The van der Waals surface area contributed by atoms with Crippen LogP contribution in [0.5, 0.6) is 5.75 Å². The molecule has 0 saturated heterocycles. The van der Waals surface area contributed by atoms with Crippen LogP contribution in [-0.4, -0.2) is 41.2 Å². The van der Waals surface area contributed by atoms with E-state index in [1.807, 2.05) is 12.1 Å². The van der Waals surface area contributed by atoms with Crippen molar-refractivity contribution >= 4 is 5.97 Å². The topological polar surface area (TPSA) is 49.8 Å². The summed E-state index contributed by atoms with van der Waals surface area (Å²) in [5.74, 6) is -0.0326. The number of nitrogens with zero attached hydrogens (tertiary/aromatic N) is 1. The Morgan fingerprint density at radius 3 is 2.15 bits per heavy atom. The van der Waals surface area contributed by atoms with Crippen molar-refractivity contribution in [1.82, 2.24) is 4.90 Å². The minimum absolute atomic E-state index is 0.0504. The molecule has 1 rings (SSSR count). The number of rotatable bonds is 8. The van der Waals surface area contributed by atoms with E-state index in [0.29, 0.717) is 18.7 Å². The van der Waals surface area contributed by atoms with Crippen LogP contribution in [0.3, 0.4) is 0 Å². The molecule has 0 unspecified atom stereocenters. The summed E-state index contributed by atoms with van der Waals surface area (Å²) in [5.41, 5.74) is 0.788. The smallest absolute Gasteiger partial charge is 0.307 e. The van der Waals surface area contributed by atoms with Crippen LogP contribution in [0.2, 0.25) is 0 Å². The molecule has 0 heterocycles. The van der Waals surface area contributed by atoms with Gasteiger partial charge in [0.2, 0.25) is 0 Å². The summed E-state index contributed by atoms with van der Waals surface area (Å²) < 4.78 is 5.71. The Kier molecular flexibility index (Phi) is 6.52. The van der Waals surface area contributed by atoms with E-state index in [-0.39, 0.29) is 6.42 Å². The van der Waals surface area contributed by atoms with E-state index < -0.39 is 5.97 Å². The van der Waals surface area contributed by atoms with Gasteiger partial charge in [0.05, 0.1) is 6.42 Å². The summed E-state index contributed by atoms with van der Waals surface area (Å²) in [5, 5.41) is 8.71. The molecule has 0 spiro atoms. The number of carboxylic acids is 1. The number of hydrogen-bond donors (Lipinski definition) is 1. The van der Waals surface area contributed by atoms with Crippen molar-refractivity contribution in [3.05, 3.63) is 29.8 Å². The Labute approximate surface area is 121 Å². The molecular formula is C16H25NO3. The molecule has 1 aromatic rings. The summed E-state index contributed by atoms with van der Waals surface area (Å²) in [6.07, 6.45) is 0.0504. The molecule has 0 bridgehead atoms. The predicted octanol–water partition coefficient (Wildman–Crippen LogP) is 2.81. The van der Waals surface area contributed by atoms with E-state index in [4.69, 9.17) is 9.84 Å². The number of carbonyl (C=O) groups is 1.